The summed E-state index contributed by atoms with van der Waals surface area (Å²) in [5.74, 6) is -1.76. The summed E-state index contributed by atoms with van der Waals surface area (Å²) in [7, 11) is 0. The van der Waals surface area contributed by atoms with Gasteiger partial charge in [-0.05, 0) is 19.3 Å². The lowest BCUT2D eigenvalue weighted by Crippen LogP contribution is -2.27. The van der Waals surface area contributed by atoms with Crippen LogP contribution in [0.1, 0.15) is 65.7 Å². The lowest BCUT2D eigenvalue weighted by atomic mass is 10.00. The largest absolute Gasteiger partial charge is 0.479 e. The predicted molar refractivity (Wildman–Crippen MR) is 71.4 cm³/mol. The lowest BCUT2D eigenvalue weighted by molar-refractivity contribution is -0.299. The van der Waals surface area contributed by atoms with Crippen LogP contribution in [-0.4, -0.2) is 23.1 Å². The molecular formula is C14H26O5. The van der Waals surface area contributed by atoms with E-state index < -0.39 is 18.0 Å². The third-order valence-corrected chi connectivity index (χ3v) is 3.07. The topological polar surface area (TPSA) is 72.8 Å². The monoisotopic (exact) mass is 274 g/mol. The van der Waals surface area contributed by atoms with Gasteiger partial charge in [0.25, 0.3) is 0 Å². The van der Waals surface area contributed by atoms with Crippen molar-refractivity contribution in [1.82, 2.24) is 0 Å². The molecule has 19 heavy (non-hydrogen) atoms. The molecule has 0 heterocycles. The van der Waals surface area contributed by atoms with E-state index in [-0.39, 0.29) is 5.92 Å². The number of hydrogen-bond acceptors (Lipinski definition) is 4. The summed E-state index contributed by atoms with van der Waals surface area (Å²) in [5, 5.41) is 8.93. The van der Waals surface area contributed by atoms with E-state index in [0.717, 1.165) is 32.1 Å². The average molecular weight is 274 g/mol. The Morgan fingerprint density at radius 2 is 1.63 bits per heavy atom. The number of rotatable bonds is 11. The molecule has 1 N–H and O–H groups in total. The molecule has 0 aromatic rings. The van der Waals surface area contributed by atoms with Crippen LogP contribution in [0.15, 0.2) is 0 Å². The molecule has 0 saturated heterocycles. The van der Waals surface area contributed by atoms with Crippen LogP contribution in [0.3, 0.4) is 0 Å². The van der Waals surface area contributed by atoms with Gasteiger partial charge in [-0.15, -0.1) is 0 Å². The minimum Gasteiger partial charge on any atom is -0.479 e. The molecule has 0 saturated carbocycles. The number of carboxylic acids is 1. The van der Waals surface area contributed by atoms with E-state index in [1.54, 1.807) is 0 Å². The molecule has 2 atom stereocenters. The Morgan fingerprint density at radius 1 is 1.05 bits per heavy atom. The van der Waals surface area contributed by atoms with Crippen LogP contribution in [0.4, 0.5) is 0 Å². The van der Waals surface area contributed by atoms with Crippen molar-refractivity contribution < 1.29 is 24.5 Å². The summed E-state index contributed by atoms with van der Waals surface area (Å²) in [6, 6.07) is 0. The molecule has 0 fully saturated rings. The molecule has 5 heteroatoms. The van der Waals surface area contributed by atoms with Gasteiger partial charge in [-0.2, -0.15) is 4.89 Å². The molecule has 0 aromatic heterocycles. The van der Waals surface area contributed by atoms with E-state index in [2.05, 4.69) is 6.92 Å². The molecule has 0 aliphatic heterocycles. The average Bonchev–Trinajstić information content (AvgIpc) is 2.39. The van der Waals surface area contributed by atoms with E-state index in [1.807, 2.05) is 13.8 Å². The zero-order valence-electron chi connectivity index (χ0n) is 12.2. The van der Waals surface area contributed by atoms with Crippen LogP contribution >= 0.6 is 0 Å². The highest BCUT2D eigenvalue weighted by Crippen LogP contribution is 2.15. The van der Waals surface area contributed by atoms with Crippen molar-refractivity contribution in [2.24, 2.45) is 5.92 Å². The van der Waals surface area contributed by atoms with Gasteiger partial charge in [0.15, 0.2) is 0 Å². The number of unbranched alkanes of at least 4 members (excludes halogenated alkanes) is 2. The van der Waals surface area contributed by atoms with Crippen molar-refractivity contribution in [3.05, 3.63) is 0 Å². The number of carbonyl (C=O) groups is 2. The molecule has 5 nitrogen and oxygen atoms in total. The summed E-state index contributed by atoms with van der Waals surface area (Å²) in [5.41, 5.74) is 0. The van der Waals surface area contributed by atoms with Gasteiger partial charge in [0, 0.05) is 0 Å². The molecule has 0 aliphatic rings. The van der Waals surface area contributed by atoms with E-state index in [4.69, 9.17) is 14.9 Å². The zero-order chi connectivity index (χ0) is 14.7. The minimum absolute atomic E-state index is 0.208. The standard InChI is InChI=1S/C14H26O5/c1-4-7-9-11(6-3)14(17)19-18-12(13(15)16)10-8-5-2/h11-12H,4-10H2,1-3H3,(H,15,16). The van der Waals surface area contributed by atoms with Crippen molar-refractivity contribution in [2.75, 3.05) is 0 Å². The van der Waals surface area contributed by atoms with Gasteiger partial charge in [-0.1, -0.05) is 46.5 Å². The van der Waals surface area contributed by atoms with Crippen LogP contribution in [0, 0.1) is 5.92 Å². The number of aliphatic carboxylic acids is 1. The van der Waals surface area contributed by atoms with Crippen LogP contribution < -0.4 is 0 Å². The quantitative estimate of drug-likeness (QED) is 0.462. The Kier molecular flexibility index (Phi) is 10.2. The van der Waals surface area contributed by atoms with E-state index in [1.165, 1.54) is 0 Å². The fourth-order valence-corrected chi connectivity index (χ4v) is 1.71. The fraction of sp³-hybridized carbons (Fsp3) is 0.857. The molecule has 0 aromatic carbocycles. The Bertz CT molecular complexity index is 265. The molecule has 0 rings (SSSR count). The maximum atomic E-state index is 11.7. The van der Waals surface area contributed by atoms with E-state index >= 15 is 0 Å². The van der Waals surface area contributed by atoms with Gasteiger partial charge in [0.1, 0.15) is 0 Å². The summed E-state index contributed by atoms with van der Waals surface area (Å²) in [6.07, 6.45) is 4.27. The summed E-state index contributed by atoms with van der Waals surface area (Å²) < 4.78 is 0. The number of carboxylic acid groups (broad SMARTS) is 1. The highest BCUT2D eigenvalue weighted by Gasteiger charge is 2.24. The van der Waals surface area contributed by atoms with Crippen LogP contribution in [0.5, 0.6) is 0 Å². The maximum absolute atomic E-state index is 11.7. The second-order valence-electron chi connectivity index (χ2n) is 4.72. The third kappa shape index (κ3) is 7.82. The predicted octanol–water partition coefficient (Wildman–Crippen LogP) is 3.32. The summed E-state index contributed by atoms with van der Waals surface area (Å²) in [4.78, 5) is 32.1. The van der Waals surface area contributed by atoms with Crippen LogP contribution in [0.25, 0.3) is 0 Å². The molecule has 0 bridgehead atoms. The Morgan fingerprint density at radius 3 is 2.11 bits per heavy atom. The van der Waals surface area contributed by atoms with Crippen molar-refractivity contribution in [1.29, 1.82) is 0 Å². The van der Waals surface area contributed by atoms with Gasteiger partial charge in [-0.25, -0.2) is 9.59 Å². The van der Waals surface area contributed by atoms with Crippen molar-refractivity contribution in [2.45, 2.75) is 71.8 Å². The van der Waals surface area contributed by atoms with Gasteiger partial charge >= 0.3 is 11.9 Å². The second kappa shape index (κ2) is 10.8. The SMILES string of the molecule is CCCCC(CC)C(=O)OOC(CCCC)C(=O)O. The maximum Gasteiger partial charge on any atom is 0.345 e. The Balaban J connectivity index is 4.17. The smallest absolute Gasteiger partial charge is 0.345 e. The van der Waals surface area contributed by atoms with Crippen LogP contribution in [-0.2, 0) is 19.4 Å². The van der Waals surface area contributed by atoms with Gasteiger partial charge in [0.05, 0.1) is 5.92 Å². The molecule has 2 unspecified atom stereocenters. The fourth-order valence-electron chi connectivity index (χ4n) is 1.71. The first-order chi connectivity index (χ1) is 9.06. The molecule has 0 spiro atoms. The Hall–Kier alpha value is -1.10. The summed E-state index contributed by atoms with van der Waals surface area (Å²) in [6.45, 7) is 5.93. The second-order valence-corrected chi connectivity index (χ2v) is 4.72. The first-order valence-electron chi connectivity index (χ1n) is 7.16. The molecular weight excluding hydrogens is 248 g/mol. The van der Waals surface area contributed by atoms with E-state index in [0.29, 0.717) is 12.8 Å². The number of carbonyl (C=O) groups excluding carboxylic acids is 1. The molecule has 112 valence electrons. The highest BCUT2D eigenvalue weighted by atomic mass is 17.2. The highest BCUT2D eigenvalue weighted by molar-refractivity contribution is 5.73. The van der Waals surface area contributed by atoms with Crippen molar-refractivity contribution in [3.8, 4) is 0 Å². The molecule has 0 radical (unpaired) electrons. The van der Waals surface area contributed by atoms with Gasteiger partial charge in [-0.3, -0.25) is 4.89 Å². The van der Waals surface area contributed by atoms with Gasteiger partial charge < -0.3 is 5.11 Å². The van der Waals surface area contributed by atoms with Crippen LogP contribution in [0.2, 0.25) is 0 Å². The minimum atomic E-state index is -1.09. The molecule has 0 amide bonds. The lowest BCUT2D eigenvalue weighted by Gasteiger charge is -2.15. The van der Waals surface area contributed by atoms with Gasteiger partial charge in [0.2, 0.25) is 6.10 Å². The number of hydrogen-bond donors (Lipinski definition) is 1. The first-order valence-corrected chi connectivity index (χ1v) is 7.16. The van der Waals surface area contributed by atoms with E-state index in [9.17, 15) is 9.59 Å². The molecule has 0 aliphatic carbocycles. The van der Waals surface area contributed by atoms with Crippen molar-refractivity contribution >= 4 is 11.9 Å². The first kappa shape index (κ1) is 17.9. The summed E-state index contributed by atoms with van der Waals surface area (Å²) >= 11 is 0. The third-order valence-electron chi connectivity index (χ3n) is 3.07. The normalized spacial score (nSPS) is 13.8. The zero-order valence-corrected chi connectivity index (χ0v) is 12.2. The van der Waals surface area contributed by atoms with Crippen molar-refractivity contribution in [3.63, 3.8) is 0 Å². The Labute approximate surface area is 115 Å².